The molecule has 3 atom stereocenters. The smallest absolute Gasteiger partial charge is 0.367 e. The molecule has 4 aliphatic rings. The lowest BCUT2D eigenvalue weighted by Crippen LogP contribution is -3.00. The molecule has 5 nitrogen and oxygen atoms in total. The zero-order chi connectivity index (χ0) is 22.6. The number of nitrogens with one attached hydrogen (secondary N) is 1. The van der Waals surface area contributed by atoms with Crippen molar-refractivity contribution in [2.45, 2.75) is 70.3 Å². The first kappa shape index (κ1) is 27.7. The molecule has 0 radical (unpaired) electrons. The molecule has 2 aliphatic carbocycles. The molecule has 0 saturated heterocycles. The van der Waals surface area contributed by atoms with Crippen molar-refractivity contribution in [3.8, 4) is 0 Å². The summed E-state index contributed by atoms with van der Waals surface area (Å²) in [5, 5.41) is 14.1. The predicted octanol–water partition coefficient (Wildman–Crippen LogP) is -3.71. The molecule has 6 N–H and O–H groups in total. The summed E-state index contributed by atoms with van der Waals surface area (Å²) in [6.07, 6.45) is 23.8. The molecule has 3 heterocycles. The van der Waals surface area contributed by atoms with Crippen molar-refractivity contribution >= 4 is 11.8 Å². The summed E-state index contributed by atoms with van der Waals surface area (Å²) in [6.45, 7) is 1.20. The van der Waals surface area contributed by atoms with Crippen LogP contribution in [0.3, 0.4) is 0 Å². The number of carbonyl (C=O) groups is 1. The number of aromatic amines is 1. The highest BCUT2D eigenvalue weighted by atomic mass is 35.5. The number of nitrogens with two attached hydrogens (primary N) is 2. The van der Waals surface area contributed by atoms with Crippen molar-refractivity contribution in [2.75, 3.05) is 6.54 Å². The molecule has 0 amide bonds. The predicted molar refractivity (Wildman–Crippen MR) is 128 cm³/mol. The van der Waals surface area contributed by atoms with Gasteiger partial charge in [0.05, 0.1) is 24.7 Å². The third-order valence-electron chi connectivity index (χ3n) is 7.92. The third-order valence-corrected chi connectivity index (χ3v) is 7.92. The summed E-state index contributed by atoms with van der Waals surface area (Å²) in [5.74, 6) is 1.53. The van der Waals surface area contributed by atoms with E-state index in [4.69, 9.17) is 0 Å². The lowest BCUT2D eigenvalue weighted by atomic mass is 9.82. The number of allylic oxidation sites excluding steroid dienone is 4. The summed E-state index contributed by atoms with van der Waals surface area (Å²) in [6, 6.07) is 2.81. The van der Waals surface area contributed by atoms with Gasteiger partial charge in [0.25, 0.3) is 0 Å². The van der Waals surface area contributed by atoms with Crippen molar-refractivity contribution in [3.05, 3.63) is 70.6 Å². The highest BCUT2D eigenvalue weighted by molar-refractivity contribution is 5.67. The molecule has 190 valence electrons. The van der Waals surface area contributed by atoms with Crippen LogP contribution in [0.4, 0.5) is 5.82 Å². The van der Waals surface area contributed by atoms with Crippen LogP contribution in [0.1, 0.15) is 61.8 Å². The van der Waals surface area contributed by atoms with Gasteiger partial charge in [-0.2, -0.15) is 4.98 Å². The van der Waals surface area contributed by atoms with Gasteiger partial charge in [-0.3, -0.25) is 10.1 Å². The van der Waals surface area contributed by atoms with Gasteiger partial charge < -0.3 is 35.2 Å². The van der Waals surface area contributed by atoms with E-state index >= 15 is 0 Å². The molecule has 7 heteroatoms. The Morgan fingerprint density at radius 3 is 2.91 bits per heavy atom. The van der Waals surface area contributed by atoms with E-state index in [2.05, 4.69) is 58.3 Å². The van der Waals surface area contributed by atoms with E-state index in [0.717, 1.165) is 18.8 Å². The zero-order valence-electron chi connectivity index (χ0n) is 20.3. The molecule has 2 aliphatic heterocycles. The highest BCUT2D eigenvalue weighted by Gasteiger charge is 2.29. The number of rotatable bonds is 8. The standard InChI is InChI=1S/C28H35N3O2.2ClH/c32-27(33)17-20(24-16-21-8-3-4-10-25(21)30-18-24)7-2-1-6-19-11-12-22-15-23-9-5-13-29-28(23)31-26(22)14-19;;/h3-4,8,10,15-16,18-20,25,30H,1-2,5-7,9,11-14,17H2,(H,29,31)(H,32,33);2*1H/p+1. The number of halogens is 2. The highest BCUT2D eigenvalue weighted by Crippen LogP contribution is 2.31. The number of pyridine rings is 1. The maximum Gasteiger partial charge on any atom is 0.367 e. The van der Waals surface area contributed by atoms with Gasteiger partial charge in [-0.15, -0.1) is 0 Å². The Hall–Kier alpha value is -1.92. The van der Waals surface area contributed by atoms with Gasteiger partial charge in [0.15, 0.2) is 5.69 Å². The number of carboxylic acid groups (broad SMARTS) is 1. The zero-order valence-corrected chi connectivity index (χ0v) is 21.8. The summed E-state index contributed by atoms with van der Waals surface area (Å²) >= 11 is 0. The topological polar surface area (TPSA) is 84.7 Å². The number of carboxylic acids is 1. The summed E-state index contributed by atoms with van der Waals surface area (Å²) < 4.78 is 0. The maximum absolute atomic E-state index is 11.5. The van der Waals surface area contributed by atoms with Crippen LogP contribution in [-0.4, -0.2) is 23.7 Å². The molecule has 3 unspecified atom stereocenters. The van der Waals surface area contributed by atoms with E-state index in [0.29, 0.717) is 6.04 Å². The number of fused-ring (bicyclic) bond motifs is 3. The normalized spacial score (nSPS) is 22.9. The van der Waals surface area contributed by atoms with Crippen molar-refractivity contribution in [3.63, 3.8) is 0 Å². The monoisotopic (exact) mass is 518 g/mol. The van der Waals surface area contributed by atoms with Crippen LogP contribution in [0.5, 0.6) is 0 Å². The molecule has 1 aromatic rings. The van der Waals surface area contributed by atoms with Gasteiger partial charge in [-0.25, -0.2) is 0 Å². The summed E-state index contributed by atoms with van der Waals surface area (Å²) in [4.78, 5) is 15.3. The second-order valence-corrected chi connectivity index (χ2v) is 10.3. The minimum Gasteiger partial charge on any atom is -1.00 e. The number of hydrogen-bond acceptors (Lipinski definition) is 1. The molecule has 1 aromatic heterocycles. The molecule has 0 fully saturated rings. The molecular formula is C28H38Cl2N3O2+. The van der Waals surface area contributed by atoms with Gasteiger partial charge in [0, 0.05) is 29.6 Å². The minimum atomic E-state index is -0.694. The van der Waals surface area contributed by atoms with Crippen LogP contribution in [0, 0.1) is 11.8 Å². The van der Waals surface area contributed by atoms with Crippen molar-refractivity contribution in [2.24, 2.45) is 11.8 Å². The lowest BCUT2D eigenvalue weighted by molar-refractivity contribution is -0.654. The van der Waals surface area contributed by atoms with Crippen LogP contribution in [0.15, 0.2) is 53.8 Å². The van der Waals surface area contributed by atoms with E-state index in [1.807, 2.05) is 0 Å². The number of H-pyrrole nitrogens is 1. The number of unbranched alkanes of at least 4 members (excludes halogenated alkanes) is 1. The Morgan fingerprint density at radius 2 is 2.06 bits per heavy atom. The van der Waals surface area contributed by atoms with E-state index in [-0.39, 0.29) is 37.2 Å². The second-order valence-electron chi connectivity index (χ2n) is 10.3. The Morgan fingerprint density at radius 1 is 1.17 bits per heavy atom. The van der Waals surface area contributed by atoms with Crippen LogP contribution in [0.2, 0.25) is 0 Å². The lowest BCUT2D eigenvalue weighted by Gasteiger charge is -2.24. The fourth-order valence-corrected chi connectivity index (χ4v) is 6.05. The number of aliphatic carboxylic acids is 1. The number of aryl methyl sites for hydroxylation is 2. The Labute approximate surface area is 221 Å². The van der Waals surface area contributed by atoms with Gasteiger partial charge >= 0.3 is 11.8 Å². The largest absolute Gasteiger partial charge is 1.00 e. The fourth-order valence-electron chi connectivity index (χ4n) is 6.05. The molecule has 5 rings (SSSR count). The first-order valence-corrected chi connectivity index (χ1v) is 12.9. The fraction of sp³-hybridized carbons (Fsp3) is 0.500. The van der Waals surface area contributed by atoms with E-state index in [1.165, 1.54) is 79.7 Å². The quantitative estimate of drug-likeness (QED) is 0.309. The van der Waals surface area contributed by atoms with Crippen molar-refractivity contribution in [1.82, 2.24) is 0 Å². The summed E-state index contributed by atoms with van der Waals surface area (Å²) in [7, 11) is 0. The molecule has 0 bridgehead atoms. The van der Waals surface area contributed by atoms with Gasteiger partial charge in [-0.05, 0) is 62.2 Å². The first-order valence-electron chi connectivity index (χ1n) is 12.9. The van der Waals surface area contributed by atoms with Crippen LogP contribution in [0.25, 0.3) is 0 Å². The van der Waals surface area contributed by atoms with Gasteiger partial charge in [0.2, 0.25) is 0 Å². The Bertz CT molecular complexity index is 1030. The molecule has 0 aromatic carbocycles. The molecule has 35 heavy (non-hydrogen) atoms. The van der Waals surface area contributed by atoms with E-state index < -0.39 is 5.97 Å². The Balaban J connectivity index is 0.00000171. The van der Waals surface area contributed by atoms with Crippen LogP contribution < -0.4 is 40.4 Å². The second kappa shape index (κ2) is 12.9. The third kappa shape index (κ3) is 6.85. The number of quaternary nitrogens is 2. The van der Waals surface area contributed by atoms with Gasteiger partial charge in [-0.1, -0.05) is 31.1 Å². The van der Waals surface area contributed by atoms with Crippen molar-refractivity contribution < 1.29 is 50.3 Å². The molecule has 0 spiro atoms. The summed E-state index contributed by atoms with van der Waals surface area (Å²) in [5.41, 5.74) is 6.98. The minimum absolute atomic E-state index is 0. The van der Waals surface area contributed by atoms with E-state index in [9.17, 15) is 9.90 Å². The first-order chi connectivity index (χ1) is 16.2. The Kier molecular flexibility index (Phi) is 10.2. The van der Waals surface area contributed by atoms with Crippen molar-refractivity contribution in [1.29, 1.82) is 0 Å². The van der Waals surface area contributed by atoms with Crippen LogP contribution in [-0.2, 0) is 24.1 Å². The number of aromatic nitrogens is 1. The van der Waals surface area contributed by atoms with Crippen LogP contribution >= 0.6 is 0 Å². The SMILES string of the molecule is O=C(O)CC(CCCCC1CCc2cc3c([nH+]c2C1)[NH2+]CCC3)C1=C[NH2+]C2C=CC=CC2=C1.[Cl-].[Cl-]. The average Bonchev–Trinajstić information content (AvgIpc) is 2.84. The number of hydrogen-bond donors (Lipinski definition) is 3. The van der Waals surface area contributed by atoms with E-state index in [1.54, 1.807) is 5.56 Å². The molecule has 0 saturated carbocycles. The average molecular weight is 520 g/mol. The van der Waals surface area contributed by atoms with Gasteiger partial charge in [0.1, 0.15) is 6.04 Å². The molecular weight excluding hydrogens is 481 g/mol. The maximum atomic E-state index is 11.5.